The van der Waals surface area contributed by atoms with Crippen LogP contribution in [-0.2, 0) is 16.0 Å². The predicted octanol–water partition coefficient (Wildman–Crippen LogP) is 3.33. The van der Waals surface area contributed by atoms with Crippen LogP contribution in [0.2, 0.25) is 0 Å². The number of likely N-dealkylation sites (tertiary alicyclic amines) is 1. The van der Waals surface area contributed by atoms with Crippen molar-refractivity contribution in [1.82, 2.24) is 14.8 Å². The summed E-state index contributed by atoms with van der Waals surface area (Å²) in [4.78, 5) is 24.4. The normalized spacial score (nSPS) is 30.1. The van der Waals surface area contributed by atoms with Crippen molar-refractivity contribution in [3.05, 3.63) is 22.7 Å². The highest BCUT2D eigenvalue weighted by Crippen LogP contribution is 2.48. The Hall–Kier alpha value is -1.74. The Balaban J connectivity index is 1.16. The fourth-order valence-corrected chi connectivity index (χ4v) is 7.65. The lowest BCUT2D eigenvalue weighted by Gasteiger charge is -2.38. The molecule has 7 nitrogen and oxygen atoms in total. The van der Waals surface area contributed by atoms with Crippen molar-refractivity contribution in [1.29, 1.82) is 0 Å². The summed E-state index contributed by atoms with van der Waals surface area (Å²) in [6.07, 6.45) is 9.50. The molecule has 0 unspecified atom stereocenters. The van der Waals surface area contributed by atoms with Crippen LogP contribution in [0.5, 0.6) is 5.75 Å². The number of thiophene rings is 1. The molecule has 0 bridgehead atoms. The third-order valence-electron chi connectivity index (χ3n) is 8.23. The smallest absolute Gasteiger partial charge is 0.223 e. The molecule has 4 aliphatic rings. The summed E-state index contributed by atoms with van der Waals surface area (Å²) in [5.41, 5.74) is 1.30. The number of carbonyl (C=O) groups is 1. The standard InChI is InChI=1S/C26H35N3O4S/c30-19-8-10-29(16-19)23(31)15-17-1-6-22-24(17)25-21(7-9-27-26(25)34-22)33-20-4-2-18(3-5-20)28-11-13-32-14-12-28/h7,9,17-20,30H,1-6,8,10-16H2/t17-,18-,19-,20-/m1/s1. The number of carbonyl (C=O) groups excluding carboxylic acids is 1. The molecule has 34 heavy (non-hydrogen) atoms. The van der Waals surface area contributed by atoms with Gasteiger partial charge in [-0.3, -0.25) is 9.69 Å². The summed E-state index contributed by atoms with van der Waals surface area (Å²) in [7, 11) is 0. The van der Waals surface area contributed by atoms with Gasteiger partial charge >= 0.3 is 0 Å². The summed E-state index contributed by atoms with van der Waals surface area (Å²) in [5, 5.41) is 11.0. The van der Waals surface area contributed by atoms with E-state index in [1.807, 2.05) is 17.2 Å². The largest absolute Gasteiger partial charge is 0.490 e. The molecule has 2 saturated heterocycles. The van der Waals surface area contributed by atoms with Crippen molar-refractivity contribution in [3.8, 4) is 5.75 Å². The lowest BCUT2D eigenvalue weighted by Crippen LogP contribution is -2.46. The Morgan fingerprint density at radius 3 is 2.74 bits per heavy atom. The zero-order valence-corrected chi connectivity index (χ0v) is 20.6. The molecule has 2 aliphatic carbocycles. The summed E-state index contributed by atoms with van der Waals surface area (Å²) in [6, 6.07) is 2.68. The highest BCUT2D eigenvalue weighted by molar-refractivity contribution is 7.19. The van der Waals surface area contributed by atoms with Gasteiger partial charge in [-0.05, 0) is 62.5 Å². The van der Waals surface area contributed by atoms with Gasteiger partial charge in [0.25, 0.3) is 0 Å². The van der Waals surface area contributed by atoms with Crippen molar-refractivity contribution in [2.45, 2.75) is 75.5 Å². The number of morpholine rings is 1. The molecule has 0 radical (unpaired) electrons. The number of hydrogen-bond acceptors (Lipinski definition) is 7. The maximum Gasteiger partial charge on any atom is 0.223 e. The highest BCUT2D eigenvalue weighted by Gasteiger charge is 2.34. The van der Waals surface area contributed by atoms with Gasteiger partial charge in [0.1, 0.15) is 10.6 Å². The second-order valence-corrected chi connectivity index (χ2v) is 11.4. The third-order valence-corrected chi connectivity index (χ3v) is 9.41. The molecule has 1 amide bonds. The summed E-state index contributed by atoms with van der Waals surface area (Å²) in [5.74, 6) is 1.34. The van der Waals surface area contributed by atoms with E-state index >= 15 is 0 Å². The van der Waals surface area contributed by atoms with Crippen molar-refractivity contribution in [3.63, 3.8) is 0 Å². The van der Waals surface area contributed by atoms with E-state index in [4.69, 9.17) is 9.47 Å². The number of aliphatic hydroxyl groups excluding tert-OH is 1. The van der Waals surface area contributed by atoms with Gasteiger partial charge in [-0.1, -0.05) is 0 Å². The summed E-state index contributed by atoms with van der Waals surface area (Å²) >= 11 is 1.77. The van der Waals surface area contributed by atoms with E-state index in [-0.39, 0.29) is 24.0 Å². The number of pyridine rings is 1. The Morgan fingerprint density at radius 2 is 1.97 bits per heavy atom. The first kappa shape index (κ1) is 22.7. The molecular weight excluding hydrogens is 450 g/mol. The lowest BCUT2D eigenvalue weighted by atomic mass is 9.91. The Morgan fingerprint density at radius 1 is 1.15 bits per heavy atom. The van der Waals surface area contributed by atoms with Crippen LogP contribution in [0.4, 0.5) is 0 Å². The molecule has 0 spiro atoms. The first-order valence-electron chi connectivity index (χ1n) is 13.0. The van der Waals surface area contributed by atoms with E-state index in [1.165, 1.54) is 23.3 Å². The molecule has 1 N–H and O–H groups in total. The fourth-order valence-electron chi connectivity index (χ4n) is 6.39. The molecule has 3 fully saturated rings. The Labute approximate surface area is 205 Å². The number of fused-ring (bicyclic) bond motifs is 3. The van der Waals surface area contributed by atoms with Crippen LogP contribution in [0.25, 0.3) is 10.2 Å². The lowest BCUT2D eigenvalue weighted by molar-refractivity contribution is -0.130. The van der Waals surface area contributed by atoms with Crippen LogP contribution < -0.4 is 4.74 Å². The van der Waals surface area contributed by atoms with Crippen molar-refractivity contribution >= 4 is 27.5 Å². The molecule has 4 heterocycles. The molecule has 6 rings (SSSR count). The van der Waals surface area contributed by atoms with E-state index in [1.54, 1.807) is 11.3 Å². The molecule has 2 atom stereocenters. The topological polar surface area (TPSA) is 75.1 Å². The van der Waals surface area contributed by atoms with Crippen molar-refractivity contribution < 1.29 is 19.4 Å². The minimum absolute atomic E-state index is 0.168. The SMILES string of the molecule is O=C(C[C@H]1CCc2sc3nccc(O[C@H]4CC[C@H](N5CCOCC5)CC4)c3c21)N1CC[C@@H](O)C1. The number of rotatable bonds is 5. The maximum atomic E-state index is 12.9. The average molecular weight is 486 g/mol. The number of aromatic nitrogens is 1. The number of hydrogen-bond donors (Lipinski definition) is 1. The van der Waals surface area contributed by atoms with E-state index < -0.39 is 0 Å². The molecule has 2 aromatic rings. The molecule has 0 aromatic carbocycles. The predicted molar refractivity (Wildman–Crippen MR) is 132 cm³/mol. The van der Waals surface area contributed by atoms with Crippen LogP contribution in [0, 0.1) is 0 Å². The average Bonchev–Trinajstić information content (AvgIpc) is 3.56. The van der Waals surface area contributed by atoms with Crippen LogP contribution in [0.15, 0.2) is 12.3 Å². The number of aryl methyl sites for hydroxylation is 1. The van der Waals surface area contributed by atoms with Gasteiger partial charge in [0.15, 0.2) is 0 Å². The first-order chi connectivity index (χ1) is 16.7. The molecular formula is C26H35N3O4S. The molecule has 2 aliphatic heterocycles. The zero-order chi connectivity index (χ0) is 23.1. The first-order valence-corrected chi connectivity index (χ1v) is 13.8. The van der Waals surface area contributed by atoms with Crippen LogP contribution in [0.3, 0.4) is 0 Å². The van der Waals surface area contributed by atoms with Crippen molar-refractivity contribution in [2.24, 2.45) is 0 Å². The summed E-state index contributed by atoms with van der Waals surface area (Å²) in [6.45, 7) is 4.98. The highest BCUT2D eigenvalue weighted by atomic mass is 32.1. The van der Waals surface area contributed by atoms with E-state index in [0.29, 0.717) is 32.0 Å². The number of aliphatic hydroxyl groups is 1. The molecule has 8 heteroatoms. The van der Waals surface area contributed by atoms with Crippen LogP contribution in [-0.4, -0.2) is 83.4 Å². The fraction of sp³-hybridized carbons (Fsp3) is 0.692. The monoisotopic (exact) mass is 485 g/mol. The number of nitrogens with zero attached hydrogens (tertiary/aromatic N) is 3. The van der Waals surface area contributed by atoms with Gasteiger partial charge in [0.05, 0.1) is 30.8 Å². The quantitative estimate of drug-likeness (QED) is 0.700. The van der Waals surface area contributed by atoms with Gasteiger partial charge in [0.2, 0.25) is 5.91 Å². The second kappa shape index (κ2) is 9.72. The Kier molecular flexibility index (Phi) is 6.49. The van der Waals surface area contributed by atoms with Crippen molar-refractivity contribution in [2.75, 3.05) is 39.4 Å². The van der Waals surface area contributed by atoms with Crippen LogP contribution >= 0.6 is 11.3 Å². The maximum absolute atomic E-state index is 12.9. The number of ether oxygens (including phenoxy) is 2. The van der Waals surface area contributed by atoms with E-state index in [2.05, 4.69) is 9.88 Å². The number of amides is 1. The van der Waals surface area contributed by atoms with Gasteiger partial charge in [-0.15, -0.1) is 11.3 Å². The van der Waals surface area contributed by atoms with E-state index in [0.717, 1.165) is 68.0 Å². The van der Waals surface area contributed by atoms with Gasteiger partial charge < -0.3 is 19.5 Å². The minimum atomic E-state index is -0.368. The van der Waals surface area contributed by atoms with Gasteiger partial charge in [-0.25, -0.2) is 4.98 Å². The number of β-amino-alcohol motifs (C(OH)–C–C–N with tert-alkyl or cyclic N) is 1. The molecule has 184 valence electrons. The Bertz CT molecular complexity index is 1030. The second-order valence-electron chi connectivity index (χ2n) is 10.3. The minimum Gasteiger partial charge on any atom is -0.490 e. The third kappa shape index (κ3) is 4.45. The van der Waals surface area contributed by atoms with E-state index in [9.17, 15) is 9.90 Å². The molecule has 1 saturated carbocycles. The summed E-state index contributed by atoms with van der Waals surface area (Å²) < 4.78 is 12.2. The molecule has 2 aromatic heterocycles. The zero-order valence-electron chi connectivity index (χ0n) is 19.8. The van der Waals surface area contributed by atoms with Gasteiger partial charge in [0, 0.05) is 49.7 Å². The van der Waals surface area contributed by atoms with Gasteiger partial charge in [-0.2, -0.15) is 0 Å². The van der Waals surface area contributed by atoms with Crippen LogP contribution in [0.1, 0.15) is 61.3 Å².